The van der Waals surface area contributed by atoms with Crippen molar-refractivity contribution in [3.8, 4) is 0 Å². The van der Waals surface area contributed by atoms with E-state index in [-0.39, 0.29) is 30.7 Å². The molecule has 6 nitrogen and oxygen atoms in total. The molecule has 2 aliphatic heterocycles. The molecule has 2 heterocycles. The Labute approximate surface area is 163 Å². The quantitative estimate of drug-likeness (QED) is 0.877. The van der Waals surface area contributed by atoms with Gasteiger partial charge in [0.2, 0.25) is 17.7 Å². The molecule has 3 aliphatic rings. The molecule has 0 saturated carbocycles. The molecule has 0 bridgehead atoms. The second-order valence-electron chi connectivity index (χ2n) is 7.70. The molecule has 28 heavy (non-hydrogen) atoms. The van der Waals surface area contributed by atoms with E-state index in [0.717, 1.165) is 24.9 Å². The van der Waals surface area contributed by atoms with Gasteiger partial charge in [-0.05, 0) is 54.7 Å². The minimum Gasteiger partial charge on any atom is -0.323 e. The topological polar surface area (TPSA) is 69.7 Å². The lowest BCUT2D eigenvalue weighted by atomic mass is 10.1. The average Bonchev–Trinajstić information content (AvgIpc) is 3.32. The molecule has 1 N–H and O–H groups in total. The Balaban J connectivity index is 1.39. The van der Waals surface area contributed by atoms with Crippen molar-refractivity contribution < 1.29 is 14.4 Å². The zero-order chi connectivity index (χ0) is 19.3. The number of anilines is 3. The van der Waals surface area contributed by atoms with Gasteiger partial charge in [-0.25, -0.2) is 0 Å². The molecule has 1 atom stereocenters. The summed E-state index contributed by atoms with van der Waals surface area (Å²) in [6.45, 7) is 0.343. The van der Waals surface area contributed by atoms with Crippen LogP contribution in [0.15, 0.2) is 42.5 Å². The Morgan fingerprint density at radius 3 is 2.75 bits per heavy atom. The average molecular weight is 375 g/mol. The summed E-state index contributed by atoms with van der Waals surface area (Å²) in [5.74, 6) is -0.864. The van der Waals surface area contributed by atoms with Gasteiger partial charge in [0.15, 0.2) is 0 Å². The van der Waals surface area contributed by atoms with E-state index in [1.54, 1.807) is 11.0 Å². The molecule has 3 amide bonds. The number of hydrogen-bond acceptors (Lipinski definition) is 3. The van der Waals surface area contributed by atoms with Crippen molar-refractivity contribution in [1.29, 1.82) is 0 Å². The maximum atomic E-state index is 13.2. The van der Waals surface area contributed by atoms with Gasteiger partial charge in [0.05, 0.1) is 17.3 Å². The fourth-order valence-electron chi connectivity index (χ4n) is 4.50. The van der Waals surface area contributed by atoms with Crippen LogP contribution in [0.4, 0.5) is 17.1 Å². The van der Waals surface area contributed by atoms with Crippen molar-refractivity contribution >= 4 is 34.8 Å². The molecular weight excluding hydrogens is 354 g/mol. The second kappa shape index (κ2) is 6.48. The molecule has 2 aromatic carbocycles. The standard InChI is InChI=1S/C22H21N3O3/c26-20-13-25(19-7-2-1-6-18(19)23-20)22(28)16-11-21(27)24(12-16)17-9-8-14-4-3-5-15(14)10-17/h1-2,6-10,16H,3-5,11-13H2,(H,23,26)/t16-/m1/s1. The summed E-state index contributed by atoms with van der Waals surface area (Å²) in [6.07, 6.45) is 3.48. The van der Waals surface area contributed by atoms with E-state index >= 15 is 0 Å². The van der Waals surface area contributed by atoms with Crippen LogP contribution in [0.25, 0.3) is 0 Å². The molecule has 0 aromatic heterocycles. The van der Waals surface area contributed by atoms with Crippen LogP contribution in [-0.4, -0.2) is 30.8 Å². The van der Waals surface area contributed by atoms with Crippen molar-refractivity contribution in [2.24, 2.45) is 5.92 Å². The molecule has 2 aromatic rings. The van der Waals surface area contributed by atoms with E-state index < -0.39 is 5.92 Å². The summed E-state index contributed by atoms with van der Waals surface area (Å²) in [5.41, 5.74) is 4.86. The normalized spacial score (nSPS) is 20.8. The van der Waals surface area contributed by atoms with E-state index in [4.69, 9.17) is 0 Å². The first-order chi connectivity index (χ1) is 13.6. The lowest BCUT2D eigenvalue weighted by Gasteiger charge is -2.30. The molecular formula is C22H21N3O3. The van der Waals surface area contributed by atoms with E-state index in [1.807, 2.05) is 24.3 Å². The first-order valence-electron chi connectivity index (χ1n) is 9.72. The third kappa shape index (κ3) is 2.76. The Morgan fingerprint density at radius 2 is 1.86 bits per heavy atom. The highest BCUT2D eigenvalue weighted by Crippen LogP contribution is 2.34. The number of para-hydroxylation sites is 2. The molecule has 142 valence electrons. The number of aryl methyl sites for hydroxylation is 2. The predicted molar refractivity (Wildman–Crippen MR) is 106 cm³/mol. The van der Waals surface area contributed by atoms with Gasteiger partial charge in [-0.1, -0.05) is 18.2 Å². The summed E-state index contributed by atoms with van der Waals surface area (Å²) in [6, 6.07) is 13.4. The monoisotopic (exact) mass is 375 g/mol. The number of fused-ring (bicyclic) bond motifs is 2. The number of benzene rings is 2. The van der Waals surface area contributed by atoms with Gasteiger partial charge in [-0.3, -0.25) is 14.4 Å². The lowest BCUT2D eigenvalue weighted by Crippen LogP contribution is -2.45. The highest BCUT2D eigenvalue weighted by atomic mass is 16.2. The maximum Gasteiger partial charge on any atom is 0.244 e. The van der Waals surface area contributed by atoms with Gasteiger partial charge in [-0.15, -0.1) is 0 Å². The molecule has 0 radical (unpaired) electrons. The summed E-state index contributed by atoms with van der Waals surface area (Å²) in [5, 5.41) is 2.79. The number of nitrogens with zero attached hydrogens (tertiary/aromatic N) is 2. The SMILES string of the molecule is O=C1CN(C(=O)[C@@H]2CC(=O)N(c3ccc4c(c3)CCC4)C2)c2ccccc2N1. The van der Waals surface area contributed by atoms with Crippen molar-refractivity contribution in [2.45, 2.75) is 25.7 Å². The summed E-state index contributed by atoms with van der Waals surface area (Å²) in [7, 11) is 0. The first-order valence-corrected chi connectivity index (χ1v) is 9.72. The van der Waals surface area contributed by atoms with Crippen LogP contribution in [-0.2, 0) is 27.2 Å². The van der Waals surface area contributed by atoms with E-state index in [9.17, 15) is 14.4 Å². The number of hydrogen-bond donors (Lipinski definition) is 1. The highest BCUT2D eigenvalue weighted by Gasteiger charge is 2.39. The molecule has 1 fully saturated rings. The van der Waals surface area contributed by atoms with E-state index in [2.05, 4.69) is 17.4 Å². The van der Waals surface area contributed by atoms with Crippen LogP contribution in [0.2, 0.25) is 0 Å². The van der Waals surface area contributed by atoms with E-state index in [0.29, 0.717) is 17.9 Å². The molecule has 0 spiro atoms. The summed E-state index contributed by atoms with van der Waals surface area (Å²) in [4.78, 5) is 41.1. The van der Waals surface area contributed by atoms with Crippen LogP contribution >= 0.6 is 0 Å². The van der Waals surface area contributed by atoms with Gasteiger partial charge < -0.3 is 15.1 Å². The minimum absolute atomic E-state index is 0.0145. The Morgan fingerprint density at radius 1 is 1.04 bits per heavy atom. The number of nitrogens with one attached hydrogen (secondary N) is 1. The number of amides is 3. The highest BCUT2D eigenvalue weighted by molar-refractivity contribution is 6.12. The zero-order valence-electron chi connectivity index (χ0n) is 15.5. The lowest BCUT2D eigenvalue weighted by molar-refractivity contribution is -0.125. The van der Waals surface area contributed by atoms with Crippen LogP contribution in [0, 0.1) is 5.92 Å². The molecule has 1 aliphatic carbocycles. The predicted octanol–water partition coefficient (Wildman–Crippen LogP) is 2.51. The third-order valence-corrected chi connectivity index (χ3v) is 5.90. The van der Waals surface area contributed by atoms with Crippen molar-refractivity contribution in [3.63, 3.8) is 0 Å². The van der Waals surface area contributed by atoms with Gasteiger partial charge in [0.1, 0.15) is 6.54 Å². The van der Waals surface area contributed by atoms with Crippen LogP contribution in [0.3, 0.4) is 0 Å². The van der Waals surface area contributed by atoms with Crippen molar-refractivity contribution in [1.82, 2.24) is 0 Å². The Hall–Kier alpha value is -3.15. The van der Waals surface area contributed by atoms with Crippen molar-refractivity contribution in [2.75, 3.05) is 28.2 Å². The van der Waals surface area contributed by atoms with Crippen LogP contribution < -0.4 is 15.1 Å². The van der Waals surface area contributed by atoms with Crippen molar-refractivity contribution in [3.05, 3.63) is 53.6 Å². The van der Waals surface area contributed by atoms with Crippen LogP contribution in [0.1, 0.15) is 24.0 Å². The smallest absolute Gasteiger partial charge is 0.244 e. The maximum absolute atomic E-state index is 13.2. The van der Waals surface area contributed by atoms with Gasteiger partial charge >= 0.3 is 0 Å². The summed E-state index contributed by atoms with van der Waals surface area (Å²) >= 11 is 0. The summed E-state index contributed by atoms with van der Waals surface area (Å²) < 4.78 is 0. The van der Waals surface area contributed by atoms with E-state index in [1.165, 1.54) is 16.0 Å². The first kappa shape index (κ1) is 17.0. The molecule has 0 unspecified atom stereocenters. The largest absolute Gasteiger partial charge is 0.323 e. The number of carbonyl (C=O) groups is 3. The minimum atomic E-state index is -0.445. The van der Waals surface area contributed by atoms with Gasteiger partial charge in [0.25, 0.3) is 0 Å². The molecule has 6 heteroatoms. The van der Waals surface area contributed by atoms with Crippen LogP contribution in [0.5, 0.6) is 0 Å². The zero-order valence-corrected chi connectivity index (χ0v) is 15.5. The Kier molecular flexibility index (Phi) is 3.93. The molecule has 5 rings (SSSR count). The van der Waals surface area contributed by atoms with Gasteiger partial charge in [0, 0.05) is 18.7 Å². The Bertz CT molecular complexity index is 1000. The fourth-order valence-corrected chi connectivity index (χ4v) is 4.50. The second-order valence-corrected chi connectivity index (χ2v) is 7.70. The van der Waals surface area contributed by atoms with Gasteiger partial charge in [-0.2, -0.15) is 0 Å². The molecule has 1 saturated heterocycles. The third-order valence-electron chi connectivity index (χ3n) is 5.90. The number of carbonyl (C=O) groups excluding carboxylic acids is 3. The number of rotatable bonds is 2. The fraction of sp³-hybridized carbons (Fsp3) is 0.318.